The first-order chi connectivity index (χ1) is 6.72. The van der Waals surface area contributed by atoms with Gasteiger partial charge >= 0.3 is 98.8 Å². The van der Waals surface area contributed by atoms with E-state index in [-0.39, 0.29) is 0 Å². The van der Waals surface area contributed by atoms with Crippen molar-refractivity contribution in [2.45, 2.75) is 26.2 Å². The minimum atomic E-state index is -0.673. The Bertz CT molecular complexity index is 331. The molecule has 0 amide bonds. The molecule has 1 atom stereocenters. The fraction of sp³-hybridized carbons (Fsp3) is 0.500. The van der Waals surface area contributed by atoms with Gasteiger partial charge in [0.15, 0.2) is 0 Å². The third-order valence-electron chi connectivity index (χ3n) is 2.79. The number of benzene rings is 1. The molecule has 0 aromatic heterocycles. The van der Waals surface area contributed by atoms with Crippen LogP contribution in [0.15, 0.2) is 18.2 Å². The van der Waals surface area contributed by atoms with Gasteiger partial charge in [-0.15, -0.1) is 0 Å². The standard InChI is InChI=1S/C12H16ClI/c1-3-9(2)10-4-5-12(11(13)8-10)14-6-7-14/h4-5,8-9H,3,6-7H2,1-2H3. The fourth-order valence-electron chi connectivity index (χ4n) is 1.51. The van der Waals surface area contributed by atoms with Gasteiger partial charge in [-0.25, -0.2) is 0 Å². The van der Waals surface area contributed by atoms with Crippen LogP contribution in [-0.2, 0) is 0 Å². The second kappa shape index (κ2) is 4.40. The van der Waals surface area contributed by atoms with Crippen LogP contribution in [0.3, 0.4) is 0 Å². The zero-order valence-electron chi connectivity index (χ0n) is 8.69. The number of rotatable bonds is 3. The molecule has 0 bridgehead atoms. The number of alkyl halides is 2. The van der Waals surface area contributed by atoms with Crippen molar-refractivity contribution in [3.05, 3.63) is 32.4 Å². The minimum absolute atomic E-state index is 0.643. The van der Waals surface area contributed by atoms with E-state index in [0.717, 1.165) is 5.02 Å². The maximum absolute atomic E-state index is 6.30. The van der Waals surface area contributed by atoms with Crippen LogP contribution in [0.1, 0.15) is 31.7 Å². The first-order valence-corrected chi connectivity index (χ1v) is 9.64. The van der Waals surface area contributed by atoms with Crippen LogP contribution < -0.4 is 0 Å². The molecule has 0 N–H and O–H groups in total. The molecule has 1 aliphatic heterocycles. The average molecular weight is 323 g/mol. The maximum atomic E-state index is 6.30. The van der Waals surface area contributed by atoms with Crippen molar-refractivity contribution in [2.24, 2.45) is 0 Å². The van der Waals surface area contributed by atoms with Crippen molar-refractivity contribution in [2.75, 3.05) is 8.86 Å². The van der Waals surface area contributed by atoms with Gasteiger partial charge in [0.1, 0.15) is 0 Å². The second-order valence-corrected chi connectivity index (χ2v) is 10.1. The van der Waals surface area contributed by atoms with E-state index < -0.39 is 19.8 Å². The number of halogens is 2. The molecule has 0 radical (unpaired) electrons. The summed E-state index contributed by atoms with van der Waals surface area (Å²) < 4.78 is 4.47. The van der Waals surface area contributed by atoms with E-state index in [2.05, 4.69) is 32.0 Å². The molecule has 0 spiro atoms. The topological polar surface area (TPSA) is 0 Å². The van der Waals surface area contributed by atoms with E-state index in [1.54, 1.807) is 0 Å². The molecule has 14 heavy (non-hydrogen) atoms. The Labute approximate surface area is 98.4 Å². The summed E-state index contributed by atoms with van der Waals surface area (Å²) in [5.74, 6) is 0.643. The van der Waals surface area contributed by atoms with E-state index in [4.69, 9.17) is 11.6 Å². The van der Waals surface area contributed by atoms with Crippen molar-refractivity contribution >= 4 is 31.4 Å². The summed E-state index contributed by atoms with van der Waals surface area (Å²) >= 11 is 5.63. The summed E-state index contributed by atoms with van der Waals surface area (Å²) in [5.41, 5.74) is 1.40. The van der Waals surface area contributed by atoms with Gasteiger partial charge < -0.3 is 0 Å². The van der Waals surface area contributed by atoms with E-state index in [0.29, 0.717) is 5.92 Å². The summed E-state index contributed by atoms with van der Waals surface area (Å²) in [4.78, 5) is 0. The summed E-state index contributed by atoms with van der Waals surface area (Å²) in [6.07, 6.45) is 1.19. The third-order valence-corrected chi connectivity index (χ3v) is 8.16. The second-order valence-electron chi connectivity index (χ2n) is 3.82. The molecule has 78 valence electrons. The molecule has 1 unspecified atom stereocenters. The molecule has 2 rings (SSSR count). The molecular formula is C12H16ClI. The Morgan fingerprint density at radius 3 is 2.64 bits per heavy atom. The van der Waals surface area contributed by atoms with Gasteiger partial charge in [-0.1, -0.05) is 0 Å². The van der Waals surface area contributed by atoms with Crippen LogP contribution in [0.4, 0.5) is 0 Å². The Morgan fingerprint density at radius 1 is 1.43 bits per heavy atom. The Kier molecular flexibility index (Phi) is 3.38. The van der Waals surface area contributed by atoms with Gasteiger partial charge in [-0.05, 0) is 0 Å². The summed E-state index contributed by atoms with van der Waals surface area (Å²) in [7, 11) is 0. The molecule has 0 aliphatic carbocycles. The molecule has 1 aromatic carbocycles. The molecule has 2 heteroatoms. The molecule has 1 heterocycles. The molecule has 1 saturated heterocycles. The molecule has 1 fully saturated rings. The van der Waals surface area contributed by atoms with E-state index in [1.165, 1.54) is 24.4 Å². The molecule has 0 saturated carbocycles. The van der Waals surface area contributed by atoms with E-state index >= 15 is 0 Å². The van der Waals surface area contributed by atoms with Crippen molar-refractivity contribution in [3.8, 4) is 0 Å². The van der Waals surface area contributed by atoms with Crippen molar-refractivity contribution in [1.82, 2.24) is 0 Å². The van der Waals surface area contributed by atoms with Crippen LogP contribution in [0.5, 0.6) is 0 Å². The first-order valence-electron chi connectivity index (χ1n) is 5.13. The monoisotopic (exact) mass is 322 g/mol. The van der Waals surface area contributed by atoms with Gasteiger partial charge in [0.2, 0.25) is 0 Å². The summed E-state index contributed by atoms with van der Waals surface area (Å²) in [6.45, 7) is 4.49. The van der Waals surface area contributed by atoms with Gasteiger partial charge in [-0.2, -0.15) is 0 Å². The molecule has 0 nitrogen and oxygen atoms in total. The normalized spacial score (nSPS) is 19.5. The summed E-state index contributed by atoms with van der Waals surface area (Å²) in [5, 5.41) is 1.05. The average Bonchev–Trinajstić information content (AvgIpc) is 3.00. The molecular weight excluding hydrogens is 306 g/mol. The Balaban J connectivity index is 2.25. The zero-order chi connectivity index (χ0) is 10.1. The molecule has 1 aromatic rings. The predicted octanol–water partition coefficient (Wildman–Crippen LogP) is 4.54. The van der Waals surface area contributed by atoms with Crippen LogP contribution in [-0.4, -0.2) is 8.86 Å². The number of hydrogen-bond donors (Lipinski definition) is 0. The predicted molar refractivity (Wildman–Crippen MR) is 72.6 cm³/mol. The van der Waals surface area contributed by atoms with E-state index in [9.17, 15) is 0 Å². The van der Waals surface area contributed by atoms with Crippen LogP contribution in [0.2, 0.25) is 5.02 Å². The van der Waals surface area contributed by atoms with Crippen LogP contribution >= 0.6 is 31.4 Å². The first kappa shape index (κ1) is 10.7. The molecule has 1 aliphatic rings. The summed E-state index contributed by atoms with van der Waals surface area (Å²) in [6, 6.07) is 6.77. The SMILES string of the molecule is CCC(C)c1ccc(I2CC2)c(Cl)c1. The van der Waals surface area contributed by atoms with Crippen molar-refractivity contribution in [3.63, 3.8) is 0 Å². The van der Waals surface area contributed by atoms with Crippen molar-refractivity contribution in [1.29, 1.82) is 0 Å². The van der Waals surface area contributed by atoms with Crippen LogP contribution in [0, 0.1) is 3.57 Å². The third kappa shape index (κ3) is 2.25. The van der Waals surface area contributed by atoms with Gasteiger partial charge in [-0.3, -0.25) is 0 Å². The Hall–Kier alpha value is 0.240. The fourth-order valence-corrected chi connectivity index (χ4v) is 6.68. The van der Waals surface area contributed by atoms with Crippen LogP contribution in [0.25, 0.3) is 0 Å². The zero-order valence-corrected chi connectivity index (χ0v) is 11.6. The van der Waals surface area contributed by atoms with Gasteiger partial charge in [0.05, 0.1) is 0 Å². The van der Waals surface area contributed by atoms with Crippen molar-refractivity contribution < 1.29 is 0 Å². The van der Waals surface area contributed by atoms with Gasteiger partial charge in [0.25, 0.3) is 0 Å². The number of hydrogen-bond acceptors (Lipinski definition) is 0. The quantitative estimate of drug-likeness (QED) is 0.566. The Morgan fingerprint density at radius 2 is 2.14 bits per heavy atom. The van der Waals surface area contributed by atoms with E-state index in [1.807, 2.05) is 0 Å². The van der Waals surface area contributed by atoms with Gasteiger partial charge in [0, 0.05) is 0 Å².